The number of rotatable bonds is 8. The number of amides is 1. The van der Waals surface area contributed by atoms with E-state index in [1.165, 1.54) is 16.7 Å². The lowest BCUT2D eigenvalue weighted by Crippen LogP contribution is -2.40. The van der Waals surface area contributed by atoms with Gasteiger partial charge < -0.3 is 15.5 Å². The summed E-state index contributed by atoms with van der Waals surface area (Å²) in [6, 6.07) is 6.60. The van der Waals surface area contributed by atoms with Crippen molar-refractivity contribution in [2.75, 3.05) is 45.7 Å². The molecule has 0 saturated carbocycles. The molecule has 0 spiro atoms. The van der Waals surface area contributed by atoms with Gasteiger partial charge in [0.2, 0.25) is 5.91 Å². The fourth-order valence-corrected chi connectivity index (χ4v) is 2.58. The highest BCUT2D eigenvalue weighted by atomic mass is 127. The molecular weight excluding hydrogens is 447 g/mol. The highest BCUT2D eigenvalue weighted by Gasteiger charge is 2.04. The quantitative estimate of drug-likeness (QED) is 0.261. The number of guanidine groups is 1. The van der Waals surface area contributed by atoms with E-state index >= 15 is 0 Å². The van der Waals surface area contributed by atoms with Gasteiger partial charge in [-0.2, -0.15) is 11.8 Å². The highest BCUT2D eigenvalue weighted by molar-refractivity contribution is 14.0. The Morgan fingerprint density at radius 2 is 1.72 bits per heavy atom. The molecule has 1 aromatic rings. The van der Waals surface area contributed by atoms with Crippen molar-refractivity contribution in [1.82, 2.24) is 15.5 Å². The molecule has 0 heterocycles. The number of thioether (sulfide) groups is 1. The van der Waals surface area contributed by atoms with Crippen LogP contribution in [0, 0.1) is 13.8 Å². The maximum Gasteiger partial charge on any atom is 0.243 e. The average Bonchev–Trinajstić information content (AvgIpc) is 2.50. The van der Waals surface area contributed by atoms with Gasteiger partial charge in [-0.25, -0.2) is 4.99 Å². The highest BCUT2D eigenvalue weighted by Crippen LogP contribution is 2.08. The lowest BCUT2D eigenvalue weighted by molar-refractivity contribution is -0.127. The molecule has 1 aromatic carbocycles. The van der Waals surface area contributed by atoms with Gasteiger partial charge in [-0.1, -0.05) is 29.3 Å². The van der Waals surface area contributed by atoms with E-state index in [4.69, 9.17) is 0 Å². The fraction of sp³-hybridized carbons (Fsp3) is 0.556. The summed E-state index contributed by atoms with van der Waals surface area (Å²) in [5.41, 5.74) is 3.88. The minimum atomic E-state index is -0.00437. The first-order valence-electron chi connectivity index (χ1n) is 8.21. The third kappa shape index (κ3) is 10.6. The smallest absolute Gasteiger partial charge is 0.243 e. The van der Waals surface area contributed by atoms with Crippen LogP contribution in [0.25, 0.3) is 0 Å². The number of aliphatic imine (C=N–C) groups is 1. The SMILES string of the molecule is CSCCNC(=NCC(=O)N(C)C)NCCc1cc(C)cc(C)c1.I. The number of hydrogen-bond acceptors (Lipinski definition) is 3. The van der Waals surface area contributed by atoms with E-state index in [1.807, 2.05) is 0 Å². The number of nitrogens with one attached hydrogen (secondary N) is 2. The molecule has 2 N–H and O–H groups in total. The number of halogens is 1. The van der Waals surface area contributed by atoms with Crippen molar-refractivity contribution in [3.63, 3.8) is 0 Å². The molecular formula is C18H31IN4OS. The van der Waals surface area contributed by atoms with Gasteiger partial charge in [-0.15, -0.1) is 24.0 Å². The van der Waals surface area contributed by atoms with Gasteiger partial charge in [-0.05, 0) is 32.1 Å². The van der Waals surface area contributed by atoms with Crippen LogP contribution in [0.4, 0.5) is 0 Å². The van der Waals surface area contributed by atoms with Crippen molar-refractivity contribution >= 4 is 47.6 Å². The Labute approximate surface area is 173 Å². The summed E-state index contributed by atoms with van der Waals surface area (Å²) >= 11 is 1.78. The standard InChI is InChI=1S/C18H30N4OS.HI/c1-14-10-15(2)12-16(11-14)6-7-19-18(20-8-9-24-5)21-13-17(23)22(3)4;/h10-12H,6-9,13H2,1-5H3,(H2,19,20,21);1H. The van der Waals surface area contributed by atoms with E-state index in [0.717, 1.165) is 25.3 Å². The van der Waals surface area contributed by atoms with Gasteiger partial charge in [0.15, 0.2) is 5.96 Å². The second-order valence-corrected chi connectivity index (χ2v) is 7.03. The van der Waals surface area contributed by atoms with Crippen LogP contribution < -0.4 is 10.6 Å². The third-order valence-corrected chi connectivity index (χ3v) is 4.07. The van der Waals surface area contributed by atoms with Crippen LogP contribution in [0.5, 0.6) is 0 Å². The summed E-state index contributed by atoms with van der Waals surface area (Å²) < 4.78 is 0. The Kier molecular flexibility index (Phi) is 12.8. The number of hydrogen-bond donors (Lipinski definition) is 2. The van der Waals surface area contributed by atoms with Crippen LogP contribution in [0.3, 0.4) is 0 Å². The second-order valence-electron chi connectivity index (χ2n) is 6.05. The van der Waals surface area contributed by atoms with Crippen molar-refractivity contribution in [2.24, 2.45) is 4.99 Å². The molecule has 1 rings (SSSR count). The molecule has 25 heavy (non-hydrogen) atoms. The molecule has 142 valence electrons. The molecule has 5 nitrogen and oxygen atoms in total. The molecule has 0 bridgehead atoms. The summed E-state index contributed by atoms with van der Waals surface area (Å²) in [6.45, 7) is 6.00. The van der Waals surface area contributed by atoms with E-state index in [-0.39, 0.29) is 36.4 Å². The number of nitrogens with zero attached hydrogens (tertiary/aromatic N) is 2. The zero-order chi connectivity index (χ0) is 17.9. The Hall–Kier alpha value is -0.960. The van der Waals surface area contributed by atoms with Gasteiger partial charge in [0, 0.05) is 32.9 Å². The van der Waals surface area contributed by atoms with Gasteiger partial charge in [0.05, 0.1) is 0 Å². The van der Waals surface area contributed by atoms with Crippen molar-refractivity contribution in [2.45, 2.75) is 20.3 Å². The van der Waals surface area contributed by atoms with Crippen LogP contribution in [0.1, 0.15) is 16.7 Å². The predicted molar refractivity (Wildman–Crippen MR) is 120 cm³/mol. The third-order valence-electron chi connectivity index (χ3n) is 3.46. The van der Waals surface area contributed by atoms with E-state index in [2.05, 4.69) is 53.9 Å². The molecule has 0 aliphatic carbocycles. The Morgan fingerprint density at radius 3 is 2.28 bits per heavy atom. The molecule has 0 saturated heterocycles. The van der Waals surface area contributed by atoms with Gasteiger partial charge in [0.1, 0.15) is 6.54 Å². The van der Waals surface area contributed by atoms with E-state index in [0.29, 0.717) is 5.96 Å². The predicted octanol–water partition coefficient (Wildman–Crippen LogP) is 2.45. The Morgan fingerprint density at radius 1 is 1.12 bits per heavy atom. The van der Waals surface area contributed by atoms with Crippen molar-refractivity contribution in [3.8, 4) is 0 Å². The zero-order valence-corrected chi connectivity index (χ0v) is 19.0. The topological polar surface area (TPSA) is 56.7 Å². The summed E-state index contributed by atoms with van der Waals surface area (Å²) in [5.74, 6) is 1.69. The van der Waals surface area contributed by atoms with Crippen LogP contribution in [0.15, 0.2) is 23.2 Å². The normalized spacial score (nSPS) is 10.8. The number of carbonyl (C=O) groups excluding carboxylic acids is 1. The molecule has 0 fully saturated rings. The largest absolute Gasteiger partial charge is 0.356 e. The first-order chi connectivity index (χ1) is 11.4. The number of aryl methyl sites for hydroxylation is 2. The van der Waals surface area contributed by atoms with Crippen LogP contribution in [-0.2, 0) is 11.2 Å². The molecule has 0 unspecified atom stereocenters. The zero-order valence-electron chi connectivity index (χ0n) is 15.9. The lowest BCUT2D eigenvalue weighted by atomic mass is 10.1. The Bertz CT molecular complexity index is 544. The molecule has 1 amide bonds. The minimum Gasteiger partial charge on any atom is -0.356 e. The fourth-order valence-electron chi connectivity index (χ4n) is 2.27. The maximum atomic E-state index is 11.7. The molecule has 0 aliphatic heterocycles. The maximum absolute atomic E-state index is 11.7. The minimum absolute atomic E-state index is 0. The number of likely N-dealkylation sites (N-methyl/N-ethyl adjacent to an activating group) is 1. The van der Waals surface area contributed by atoms with Gasteiger partial charge in [-0.3, -0.25) is 4.79 Å². The average molecular weight is 478 g/mol. The molecule has 0 aliphatic rings. The van der Waals surface area contributed by atoms with Crippen LogP contribution >= 0.6 is 35.7 Å². The van der Waals surface area contributed by atoms with E-state index < -0.39 is 0 Å². The monoisotopic (exact) mass is 478 g/mol. The molecule has 7 heteroatoms. The van der Waals surface area contributed by atoms with E-state index in [1.54, 1.807) is 30.8 Å². The van der Waals surface area contributed by atoms with Crippen LogP contribution in [0.2, 0.25) is 0 Å². The summed E-state index contributed by atoms with van der Waals surface area (Å²) in [7, 11) is 3.48. The first-order valence-corrected chi connectivity index (χ1v) is 9.60. The molecule has 0 atom stereocenters. The first kappa shape index (κ1) is 24.0. The van der Waals surface area contributed by atoms with Gasteiger partial charge >= 0.3 is 0 Å². The van der Waals surface area contributed by atoms with Crippen molar-refractivity contribution in [3.05, 3.63) is 34.9 Å². The number of benzene rings is 1. The summed E-state index contributed by atoms with van der Waals surface area (Å²) in [5, 5.41) is 6.59. The molecule has 0 aromatic heterocycles. The number of carbonyl (C=O) groups is 1. The second kappa shape index (κ2) is 13.3. The molecule has 0 radical (unpaired) electrons. The Balaban J connectivity index is 0.00000576. The summed E-state index contributed by atoms with van der Waals surface area (Å²) in [6.07, 6.45) is 2.99. The van der Waals surface area contributed by atoms with E-state index in [9.17, 15) is 4.79 Å². The summed E-state index contributed by atoms with van der Waals surface area (Å²) in [4.78, 5) is 17.6. The van der Waals surface area contributed by atoms with Crippen molar-refractivity contribution < 1.29 is 4.79 Å². The lowest BCUT2D eigenvalue weighted by Gasteiger charge is -2.14. The van der Waals surface area contributed by atoms with Crippen LogP contribution in [-0.4, -0.2) is 62.5 Å². The van der Waals surface area contributed by atoms with Crippen molar-refractivity contribution in [1.29, 1.82) is 0 Å². The van der Waals surface area contributed by atoms with Gasteiger partial charge in [0.25, 0.3) is 0 Å².